The third-order valence-corrected chi connectivity index (χ3v) is 5.02. The molecule has 0 unspecified atom stereocenters. The lowest BCUT2D eigenvalue weighted by Crippen LogP contribution is -2.41. The maximum atomic E-state index is 12.0. The Morgan fingerprint density at radius 2 is 2.08 bits per heavy atom. The molecule has 0 spiro atoms. The average Bonchev–Trinajstić information content (AvgIpc) is 2.89. The molecule has 0 aromatic carbocycles. The minimum atomic E-state index is 0. The zero-order chi connectivity index (χ0) is 17.5. The normalized spacial score (nSPS) is 19.4. The van der Waals surface area contributed by atoms with Crippen molar-refractivity contribution in [3.05, 3.63) is 23.9 Å². The number of nitrogens with one attached hydrogen (secondary N) is 1. The molecule has 1 aliphatic heterocycles. The number of carbonyl (C=O) groups is 1. The number of hydrogen-bond donors (Lipinski definition) is 1. The standard InChI is InChI=1S/C18H30N4OS.2ClH/c1-5-6-15-11-22(12-16(15)20-18(23)13-24-4)10-14-7-8-17(19-9-14)21(2)3;;/h7-9,15-16H,5-6,10-13H2,1-4H3,(H,20,23);2*1H/t15-,16-;;/m0../s1. The number of thioether (sulfide) groups is 1. The van der Waals surface area contributed by atoms with Gasteiger partial charge in [0.25, 0.3) is 0 Å². The van der Waals surface area contributed by atoms with E-state index in [2.05, 4.69) is 34.3 Å². The van der Waals surface area contributed by atoms with Gasteiger partial charge >= 0.3 is 0 Å². The van der Waals surface area contributed by atoms with Gasteiger partial charge in [0.15, 0.2) is 0 Å². The van der Waals surface area contributed by atoms with Crippen LogP contribution in [0, 0.1) is 5.92 Å². The summed E-state index contributed by atoms with van der Waals surface area (Å²) < 4.78 is 0. The molecule has 1 fully saturated rings. The maximum absolute atomic E-state index is 12.0. The molecule has 150 valence electrons. The topological polar surface area (TPSA) is 48.5 Å². The van der Waals surface area contributed by atoms with E-state index in [1.807, 2.05) is 31.4 Å². The highest BCUT2D eigenvalue weighted by Crippen LogP contribution is 2.23. The van der Waals surface area contributed by atoms with E-state index < -0.39 is 0 Å². The average molecular weight is 423 g/mol. The molecule has 1 amide bonds. The molecular formula is C18H32Cl2N4OS. The molecule has 5 nitrogen and oxygen atoms in total. The molecule has 1 saturated heterocycles. The first-order chi connectivity index (χ1) is 11.5. The Labute approximate surface area is 174 Å². The van der Waals surface area contributed by atoms with Gasteiger partial charge in [-0.1, -0.05) is 19.4 Å². The van der Waals surface area contributed by atoms with E-state index >= 15 is 0 Å². The number of carbonyl (C=O) groups excluding carboxylic acids is 1. The molecule has 26 heavy (non-hydrogen) atoms. The van der Waals surface area contributed by atoms with Gasteiger partial charge in [-0.05, 0) is 30.2 Å². The lowest BCUT2D eigenvalue weighted by molar-refractivity contribution is -0.119. The first-order valence-electron chi connectivity index (χ1n) is 8.66. The van der Waals surface area contributed by atoms with Crippen molar-refractivity contribution in [2.24, 2.45) is 5.92 Å². The summed E-state index contributed by atoms with van der Waals surface area (Å²) in [6.07, 6.45) is 6.25. The first-order valence-corrected chi connectivity index (χ1v) is 10.1. The van der Waals surface area contributed by atoms with E-state index in [1.54, 1.807) is 11.8 Å². The monoisotopic (exact) mass is 422 g/mol. The van der Waals surface area contributed by atoms with Crippen LogP contribution >= 0.6 is 36.6 Å². The zero-order valence-corrected chi connectivity index (χ0v) is 18.6. The fraction of sp³-hybridized carbons (Fsp3) is 0.667. The number of hydrogen-bond acceptors (Lipinski definition) is 5. The van der Waals surface area contributed by atoms with Crippen LogP contribution in [0.2, 0.25) is 0 Å². The van der Waals surface area contributed by atoms with Crippen LogP contribution in [0.3, 0.4) is 0 Å². The van der Waals surface area contributed by atoms with Crippen molar-refractivity contribution in [1.82, 2.24) is 15.2 Å². The summed E-state index contributed by atoms with van der Waals surface area (Å²) >= 11 is 1.58. The van der Waals surface area contributed by atoms with E-state index in [0.717, 1.165) is 31.9 Å². The summed E-state index contributed by atoms with van der Waals surface area (Å²) in [7, 11) is 4.00. The van der Waals surface area contributed by atoms with Crippen molar-refractivity contribution >= 4 is 48.3 Å². The first kappa shape index (κ1) is 25.3. The van der Waals surface area contributed by atoms with Crippen molar-refractivity contribution < 1.29 is 4.79 Å². The Hall–Kier alpha value is -0.690. The van der Waals surface area contributed by atoms with Gasteiger partial charge in [0.2, 0.25) is 5.91 Å². The van der Waals surface area contributed by atoms with E-state index in [9.17, 15) is 4.79 Å². The summed E-state index contributed by atoms with van der Waals surface area (Å²) in [6, 6.07) is 4.49. The largest absolute Gasteiger partial charge is 0.363 e. The number of halogens is 2. The highest BCUT2D eigenvalue weighted by molar-refractivity contribution is 7.99. The van der Waals surface area contributed by atoms with Crippen LogP contribution in [0.15, 0.2) is 18.3 Å². The summed E-state index contributed by atoms with van der Waals surface area (Å²) in [6.45, 7) is 5.09. The van der Waals surface area contributed by atoms with Crippen LogP contribution in [0.25, 0.3) is 0 Å². The number of aromatic nitrogens is 1. The number of anilines is 1. The van der Waals surface area contributed by atoms with Crippen molar-refractivity contribution in [2.75, 3.05) is 44.1 Å². The Balaban J connectivity index is 0.00000312. The highest BCUT2D eigenvalue weighted by Gasteiger charge is 2.32. The Morgan fingerprint density at radius 3 is 2.62 bits per heavy atom. The fourth-order valence-electron chi connectivity index (χ4n) is 3.33. The summed E-state index contributed by atoms with van der Waals surface area (Å²) in [5.41, 5.74) is 1.23. The molecular weight excluding hydrogens is 391 g/mol. The highest BCUT2D eigenvalue weighted by atomic mass is 35.5. The number of pyridine rings is 1. The second-order valence-electron chi connectivity index (χ2n) is 6.77. The SMILES string of the molecule is CCC[C@H]1CN(Cc2ccc(N(C)C)nc2)C[C@@H]1NC(=O)CSC.Cl.Cl. The Kier molecular flexibility index (Phi) is 12.3. The van der Waals surface area contributed by atoms with Gasteiger partial charge in [-0.25, -0.2) is 4.98 Å². The molecule has 2 atom stereocenters. The van der Waals surface area contributed by atoms with Gasteiger partial charge in [-0.2, -0.15) is 11.8 Å². The van der Waals surface area contributed by atoms with Gasteiger partial charge < -0.3 is 10.2 Å². The van der Waals surface area contributed by atoms with Crippen molar-refractivity contribution in [2.45, 2.75) is 32.4 Å². The van der Waals surface area contributed by atoms with Gasteiger partial charge in [0.05, 0.1) is 5.75 Å². The molecule has 2 rings (SSSR count). The van der Waals surface area contributed by atoms with Crippen molar-refractivity contribution in [3.8, 4) is 0 Å². The van der Waals surface area contributed by atoms with E-state index in [1.165, 1.54) is 12.0 Å². The van der Waals surface area contributed by atoms with Crippen LogP contribution in [-0.2, 0) is 11.3 Å². The van der Waals surface area contributed by atoms with Crippen LogP contribution < -0.4 is 10.2 Å². The lowest BCUT2D eigenvalue weighted by atomic mass is 9.98. The number of rotatable bonds is 8. The summed E-state index contributed by atoms with van der Waals surface area (Å²) in [5, 5.41) is 3.23. The molecule has 0 radical (unpaired) electrons. The lowest BCUT2D eigenvalue weighted by Gasteiger charge is -2.19. The number of likely N-dealkylation sites (tertiary alicyclic amines) is 1. The molecule has 1 aromatic heterocycles. The second-order valence-corrected chi connectivity index (χ2v) is 7.63. The Morgan fingerprint density at radius 1 is 1.35 bits per heavy atom. The molecule has 8 heteroatoms. The molecule has 1 aliphatic rings. The second kappa shape index (κ2) is 12.7. The maximum Gasteiger partial charge on any atom is 0.230 e. The Bertz CT molecular complexity index is 530. The van der Waals surface area contributed by atoms with Gasteiger partial charge in [0, 0.05) is 46.0 Å². The quantitative estimate of drug-likeness (QED) is 0.697. The summed E-state index contributed by atoms with van der Waals surface area (Å²) in [5.74, 6) is 2.24. The van der Waals surface area contributed by atoms with Crippen LogP contribution in [0.1, 0.15) is 25.3 Å². The van der Waals surface area contributed by atoms with Crippen LogP contribution in [0.4, 0.5) is 5.82 Å². The van der Waals surface area contributed by atoms with Crippen LogP contribution in [-0.4, -0.2) is 61.0 Å². The predicted octanol–water partition coefficient (Wildman–Crippen LogP) is 3.07. The minimum Gasteiger partial charge on any atom is -0.363 e. The van der Waals surface area contributed by atoms with Gasteiger partial charge in [-0.15, -0.1) is 24.8 Å². The van der Waals surface area contributed by atoms with Crippen LogP contribution in [0.5, 0.6) is 0 Å². The zero-order valence-electron chi connectivity index (χ0n) is 16.1. The smallest absolute Gasteiger partial charge is 0.230 e. The number of nitrogens with zero attached hydrogens (tertiary/aromatic N) is 3. The fourth-order valence-corrected chi connectivity index (χ4v) is 3.67. The van der Waals surface area contributed by atoms with E-state index in [-0.39, 0.29) is 36.8 Å². The molecule has 2 heterocycles. The predicted molar refractivity (Wildman–Crippen MR) is 117 cm³/mol. The molecule has 0 bridgehead atoms. The molecule has 0 aliphatic carbocycles. The van der Waals surface area contributed by atoms with E-state index in [4.69, 9.17) is 0 Å². The van der Waals surface area contributed by atoms with Crippen molar-refractivity contribution in [1.29, 1.82) is 0 Å². The molecule has 1 aromatic rings. The summed E-state index contributed by atoms with van der Waals surface area (Å²) in [4.78, 5) is 20.9. The van der Waals surface area contributed by atoms with Gasteiger partial charge in [0.1, 0.15) is 5.82 Å². The third kappa shape index (κ3) is 7.51. The molecule has 0 saturated carbocycles. The number of amides is 1. The van der Waals surface area contributed by atoms with Gasteiger partial charge in [-0.3, -0.25) is 9.69 Å². The van der Waals surface area contributed by atoms with E-state index in [0.29, 0.717) is 11.7 Å². The van der Waals surface area contributed by atoms with Crippen molar-refractivity contribution in [3.63, 3.8) is 0 Å². The molecule has 1 N–H and O–H groups in total. The third-order valence-electron chi connectivity index (χ3n) is 4.47. The minimum absolute atomic E-state index is 0.